The predicted octanol–water partition coefficient (Wildman–Crippen LogP) is 1.39. The van der Waals surface area contributed by atoms with Crippen molar-refractivity contribution in [1.29, 1.82) is 0 Å². The van der Waals surface area contributed by atoms with Crippen LogP contribution in [0.15, 0.2) is 54.9 Å². The molecule has 1 fully saturated rings. The Morgan fingerprint density at radius 2 is 1.86 bits per heavy atom. The Balaban J connectivity index is 1.61. The van der Waals surface area contributed by atoms with Gasteiger partial charge in [0, 0.05) is 17.8 Å². The second-order valence-electron chi connectivity index (χ2n) is 7.20. The molecule has 2 heterocycles. The zero-order chi connectivity index (χ0) is 20.5. The molecule has 0 radical (unpaired) electrons. The van der Waals surface area contributed by atoms with Crippen LogP contribution < -0.4 is 4.74 Å². The Bertz CT molecular complexity index is 1000. The van der Waals surface area contributed by atoms with Gasteiger partial charge >= 0.3 is 0 Å². The van der Waals surface area contributed by atoms with E-state index in [1.807, 2.05) is 49.5 Å². The first-order valence-corrected chi connectivity index (χ1v) is 9.40. The van der Waals surface area contributed by atoms with E-state index < -0.39 is 37.3 Å². The molecule has 1 aliphatic heterocycles. The Labute approximate surface area is 167 Å². The van der Waals surface area contributed by atoms with Crippen LogP contribution in [0.5, 0.6) is 5.75 Å². The van der Waals surface area contributed by atoms with Gasteiger partial charge in [-0.1, -0.05) is 24.3 Å². The molecule has 5 atom stereocenters. The fraction of sp³-hybridized carbons (Fsp3) is 0.318. The van der Waals surface area contributed by atoms with Crippen molar-refractivity contribution in [3.8, 4) is 16.9 Å². The molecule has 7 heteroatoms. The second-order valence-corrected chi connectivity index (χ2v) is 7.20. The van der Waals surface area contributed by atoms with E-state index in [0.29, 0.717) is 5.75 Å². The van der Waals surface area contributed by atoms with Crippen LogP contribution in [-0.4, -0.2) is 62.7 Å². The van der Waals surface area contributed by atoms with Crippen LogP contribution in [0.3, 0.4) is 0 Å². The van der Waals surface area contributed by atoms with Gasteiger partial charge in [0.25, 0.3) is 0 Å². The lowest BCUT2D eigenvalue weighted by Crippen LogP contribution is -2.60. The van der Waals surface area contributed by atoms with Gasteiger partial charge < -0.3 is 29.9 Å². The molecular formula is C22H23NO6. The third kappa shape index (κ3) is 3.71. The molecule has 0 amide bonds. The van der Waals surface area contributed by atoms with E-state index in [9.17, 15) is 20.4 Å². The lowest BCUT2D eigenvalue weighted by molar-refractivity contribution is -0.277. The van der Waals surface area contributed by atoms with Gasteiger partial charge in [0.1, 0.15) is 30.2 Å². The molecule has 3 aromatic rings. The molecular weight excluding hydrogens is 374 g/mol. The molecule has 0 bridgehead atoms. The van der Waals surface area contributed by atoms with Gasteiger partial charge in [0.2, 0.25) is 6.29 Å². The molecule has 29 heavy (non-hydrogen) atoms. The molecule has 0 unspecified atom stereocenters. The number of aliphatic hydroxyl groups is 4. The van der Waals surface area contributed by atoms with Crippen molar-refractivity contribution in [2.75, 3.05) is 6.61 Å². The van der Waals surface area contributed by atoms with E-state index in [4.69, 9.17) is 9.47 Å². The molecule has 152 valence electrons. The fourth-order valence-electron chi connectivity index (χ4n) is 3.61. The molecule has 1 aliphatic rings. The number of aliphatic hydroxyl groups excluding tert-OH is 4. The number of fused-ring (bicyclic) bond motifs is 1. The van der Waals surface area contributed by atoms with E-state index >= 15 is 0 Å². The first kappa shape index (κ1) is 19.8. The second kappa shape index (κ2) is 8.06. The van der Waals surface area contributed by atoms with Gasteiger partial charge in [-0.2, -0.15) is 0 Å². The first-order valence-electron chi connectivity index (χ1n) is 9.40. The highest BCUT2D eigenvalue weighted by Crippen LogP contribution is 2.32. The van der Waals surface area contributed by atoms with Gasteiger partial charge in [0.05, 0.1) is 6.61 Å². The third-order valence-electron chi connectivity index (χ3n) is 5.26. The minimum Gasteiger partial charge on any atom is -0.462 e. The predicted molar refractivity (Wildman–Crippen MR) is 106 cm³/mol. The lowest BCUT2D eigenvalue weighted by Gasteiger charge is -2.39. The average molecular weight is 397 g/mol. The largest absolute Gasteiger partial charge is 0.462 e. The average Bonchev–Trinajstić information content (AvgIpc) is 2.75. The summed E-state index contributed by atoms with van der Waals surface area (Å²) in [4.78, 5) is 4.16. The summed E-state index contributed by atoms with van der Waals surface area (Å²) in [6.45, 7) is 1.37. The van der Waals surface area contributed by atoms with Crippen molar-refractivity contribution in [2.45, 2.75) is 37.6 Å². The number of pyridine rings is 1. The summed E-state index contributed by atoms with van der Waals surface area (Å²) in [5.41, 5.74) is 2.87. The third-order valence-corrected chi connectivity index (χ3v) is 5.26. The van der Waals surface area contributed by atoms with E-state index in [2.05, 4.69) is 4.98 Å². The van der Waals surface area contributed by atoms with Gasteiger partial charge in [-0.05, 0) is 47.2 Å². The Hall–Kier alpha value is -2.55. The number of hydrogen-bond acceptors (Lipinski definition) is 7. The molecule has 0 saturated carbocycles. The number of aryl methyl sites for hydroxylation is 1. The Morgan fingerprint density at radius 1 is 1.03 bits per heavy atom. The van der Waals surface area contributed by atoms with E-state index in [0.717, 1.165) is 27.5 Å². The van der Waals surface area contributed by atoms with Crippen LogP contribution in [0, 0.1) is 6.92 Å². The smallest absolute Gasteiger partial charge is 0.229 e. The van der Waals surface area contributed by atoms with E-state index in [-0.39, 0.29) is 0 Å². The number of ether oxygens (including phenoxy) is 2. The first-order chi connectivity index (χ1) is 14.0. The Morgan fingerprint density at radius 3 is 2.62 bits per heavy atom. The van der Waals surface area contributed by atoms with Crippen molar-refractivity contribution in [1.82, 2.24) is 4.98 Å². The molecule has 0 spiro atoms. The number of aromatic nitrogens is 1. The highest BCUT2D eigenvalue weighted by Gasteiger charge is 2.44. The molecule has 4 N–H and O–H groups in total. The number of nitrogens with zero attached hydrogens (tertiary/aromatic N) is 1. The van der Waals surface area contributed by atoms with E-state index in [1.165, 1.54) is 0 Å². The molecule has 0 aliphatic carbocycles. The highest BCUT2D eigenvalue weighted by atomic mass is 16.7. The van der Waals surface area contributed by atoms with Crippen LogP contribution in [0.2, 0.25) is 0 Å². The highest BCUT2D eigenvalue weighted by molar-refractivity contribution is 5.96. The maximum Gasteiger partial charge on any atom is 0.229 e. The summed E-state index contributed by atoms with van der Waals surface area (Å²) in [5, 5.41) is 41.4. The fourth-order valence-corrected chi connectivity index (χ4v) is 3.61. The zero-order valence-corrected chi connectivity index (χ0v) is 15.8. The molecule has 2 aromatic carbocycles. The van der Waals surface area contributed by atoms with Crippen molar-refractivity contribution < 1.29 is 29.9 Å². The topological polar surface area (TPSA) is 112 Å². The summed E-state index contributed by atoms with van der Waals surface area (Å²) < 4.78 is 11.2. The SMILES string of the molecule is Cc1cc(-c2cccc3cnccc23)ccc1O[C@@H]1O[C@@H](CO)[C@H](O)[C@@H](O)[C@H]1O. The van der Waals surface area contributed by atoms with Crippen LogP contribution in [0.1, 0.15) is 5.56 Å². The van der Waals surface area contributed by atoms with Gasteiger partial charge in [-0.25, -0.2) is 0 Å². The van der Waals surface area contributed by atoms with Crippen LogP contribution >= 0.6 is 0 Å². The summed E-state index contributed by atoms with van der Waals surface area (Å²) in [6, 6.07) is 13.6. The van der Waals surface area contributed by atoms with Crippen LogP contribution in [0.4, 0.5) is 0 Å². The number of hydrogen-bond donors (Lipinski definition) is 4. The van der Waals surface area contributed by atoms with E-state index in [1.54, 1.807) is 12.3 Å². The van der Waals surface area contributed by atoms with Crippen LogP contribution in [0.25, 0.3) is 21.9 Å². The summed E-state index contributed by atoms with van der Waals surface area (Å²) in [6.07, 6.45) is -2.98. The lowest BCUT2D eigenvalue weighted by atomic mass is 9.97. The van der Waals surface area contributed by atoms with Gasteiger partial charge in [0.15, 0.2) is 0 Å². The van der Waals surface area contributed by atoms with Crippen molar-refractivity contribution in [2.24, 2.45) is 0 Å². The molecule has 4 rings (SSSR count). The van der Waals surface area contributed by atoms with Crippen molar-refractivity contribution >= 4 is 10.8 Å². The minimum atomic E-state index is -1.48. The standard InChI is InChI=1S/C22H23NO6/c1-12-9-13(15-4-2-3-14-10-23-8-7-16(14)15)5-6-17(12)28-22-21(27)20(26)19(25)18(11-24)29-22/h2-10,18-22,24-27H,11H2,1H3/t18-,19-,20+,21+,22+/m0/s1. The quantitative estimate of drug-likeness (QED) is 0.526. The van der Waals surface area contributed by atoms with Crippen LogP contribution in [-0.2, 0) is 4.74 Å². The molecule has 1 saturated heterocycles. The number of rotatable bonds is 4. The molecule has 7 nitrogen and oxygen atoms in total. The Kier molecular flexibility index (Phi) is 5.49. The van der Waals surface area contributed by atoms with Crippen molar-refractivity contribution in [3.05, 3.63) is 60.4 Å². The molecule has 1 aromatic heterocycles. The minimum absolute atomic E-state index is 0.472. The van der Waals surface area contributed by atoms with Gasteiger partial charge in [-0.3, -0.25) is 4.98 Å². The summed E-state index contributed by atoms with van der Waals surface area (Å²) in [5.74, 6) is 0.472. The van der Waals surface area contributed by atoms with Gasteiger partial charge in [-0.15, -0.1) is 0 Å². The normalized spacial score (nSPS) is 27.1. The van der Waals surface area contributed by atoms with Crippen molar-refractivity contribution in [3.63, 3.8) is 0 Å². The monoisotopic (exact) mass is 397 g/mol. The summed E-state index contributed by atoms with van der Waals surface area (Å²) in [7, 11) is 0. The maximum absolute atomic E-state index is 10.2. The number of benzene rings is 2. The summed E-state index contributed by atoms with van der Waals surface area (Å²) >= 11 is 0. The zero-order valence-electron chi connectivity index (χ0n) is 15.8. The maximum atomic E-state index is 10.2.